The van der Waals surface area contributed by atoms with E-state index in [0.29, 0.717) is 65.8 Å². The van der Waals surface area contributed by atoms with E-state index in [9.17, 15) is 27.6 Å². The Morgan fingerprint density at radius 1 is 0.869 bits per heavy atom. The lowest BCUT2D eigenvalue weighted by atomic mass is 10.1. The van der Waals surface area contributed by atoms with Gasteiger partial charge in [0, 0.05) is 57.0 Å². The second kappa shape index (κ2) is 19.1. The monoisotopic (exact) mass is 856 g/mol. The average molecular weight is 857 g/mol. The summed E-state index contributed by atoms with van der Waals surface area (Å²) in [5.41, 5.74) is -0.966. The minimum absolute atomic E-state index is 0.00758. The summed E-state index contributed by atoms with van der Waals surface area (Å²) in [5.74, 6) is -4.12. The summed E-state index contributed by atoms with van der Waals surface area (Å²) >= 11 is 0. The van der Waals surface area contributed by atoms with Crippen LogP contribution in [0.25, 0.3) is 27.8 Å². The number of esters is 1. The van der Waals surface area contributed by atoms with E-state index in [0.717, 1.165) is 4.57 Å². The fraction of sp³-hybridized carbons (Fsp3) is 0.286. The van der Waals surface area contributed by atoms with Gasteiger partial charge in [0.2, 0.25) is 0 Å². The van der Waals surface area contributed by atoms with E-state index in [1.54, 1.807) is 12.4 Å². The molecule has 0 fully saturated rings. The Balaban J connectivity index is 1.22. The lowest BCUT2D eigenvalue weighted by Crippen LogP contribution is -2.44. The van der Waals surface area contributed by atoms with Gasteiger partial charge >= 0.3 is 11.7 Å². The SMILES string of the molecule is CCCC(CCC)OC(=O)[C@H](Cc1ccc(-n2c(=O)c3ccncc3n(C)c2=O)nc1)NC(=O)c1cc(F)c(NS(=O)(=O)c2ccc(-c3cnc(COC)nc3)cc2)cc1F. The fourth-order valence-corrected chi connectivity index (χ4v) is 7.58. The fourth-order valence-electron chi connectivity index (χ4n) is 6.52. The summed E-state index contributed by atoms with van der Waals surface area (Å²) in [6.45, 7) is 4.06. The number of carbonyl (C=O) groups excluding carboxylic acids is 2. The lowest BCUT2D eigenvalue weighted by Gasteiger charge is -2.23. The zero-order chi connectivity index (χ0) is 43.8. The molecular weight excluding hydrogens is 815 g/mol. The summed E-state index contributed by atoms with van der Waals surface area (Å²) in [6, 6.07) is 9.53. The molecule has 4 heterocycles. The van der Waals surface area contributed by atoms with E-state index < -0.39 is 68.2 Å². The van der Waals surface area contributed by atoms with Crippen LogP contribution in [-0.2, 0) is 44.4 Å². The number of aryl methyl sites for hydroxylation is 1. The number of halogens is 2. The van der Waals surface area contributed by atoms with E-state index in [-0.39, 0.29) is 29.1 Å². The first-order valence-corrected chi connectivity index (χ1v) is 20.7. The van der Waals surface area contributed by atoms with Crippen LogP contribution in [0.2, 0.25) is 0 Å². The Morgan fingerprint density at radius 2 is 1.57 bits per heavy atom. The van der Waals surface area contributed by atoms with Crippen molar-refractivity contribution in [3.05, 3.63) is 135 Å². The van der Waals surface area contributed by atoms with Gasteiger partial charge in [0.05, 0.1) is 33.2 Å². The molecule has 16 nitrogen and oxygen atoms in total. The highest BCUT2D eigenvalue weighted by Crippen LogP contribution is 2.26. The number of sulfonamides is 1. The zero-order valence-corrected chi connectivity index (χ0v) is 34.4. The highest BCUT2D eigenvalue weighted by molar-refractivity contribution is 7.92. The molecule has 4 aromatic heterocycles. The number of benzene rings is 2. The molecule has 2 aromatic carbocycles. The van der Waals surface area contributed by atoms with Crippen molar-refractivity contribution in [3.63, 3.8) is 0 Å². The number of hydrogen-bond donors (Lipinski definition) is 2. The number of fused-ring (bicyclic) bond motifs is 1. The molecule has 0 unspecified atom stereocenters. The molecule has 0 aliphatic heterocycles. The number of nitrogens with zero attached hydrogens (tertiary/aromatic N) is 6. The van der Waals surface area contributed by atoms with E-state index >= 15 is 8.78 Å². The number of ether oxygens (including phenoxy) is 2. The van der Waals surface area contributed by atoms with Gasteiger partial charge in [-0.25, -0.2) is 46.3 Å². The van der Waals surface area contributed by atoms with Crippen LogP contribution in [0.1, 0.15) is 61.3 Å². The van der Waals surface area contributed by atoms with Crippen molar-refractivity contribution in [3.8, 4) is 16.9 Å². The van der Waals surface area contributed by atoms with Crippen LogP contribution in [0.4, 0.5) is 14.5 Å². The predicted octanol–water partition coefficient (Wildman–Crippen LogP) is 5.01. The Hall–Kier alpha value is -6.73. The van der Waals surface area contributed by atoms with Crippen molar-refractivity contribution in [2.75, 3.05) is 11.8 Å². The summed E-state index contributed by atoms with van der Waals surface area (Å²) < 4.78 is 72.5. The molecular formula is C42H42F2N8O8S. The molecule has 0 aliphatic carbocycles. The number of pyridine rings is 2. The van der Waals surface area contributed by atoms with Crippen LogP contribution in [0.3, 0.4) is 0 Å². The zero-order valence-electron chi connectivity index (χ0n) is 33.6. The molecule has 1 atom stereocenters. The molecule has 6 aromatic rings. The van der Waals surface area contributed by atoms with Crippen LogP contribution in [0, 0.1) is 11.6 Å². The lowest BCUT2D eigenvalue weighted by molar-refractivity contribution is -0.152. The predicted molar refractivity (Wildman–Crippen MR) is 220 cm³/mol. The molecule has 0 saturated heterocycles. The number of aromatic nitrogens is 6. The number of methoxy groups -OCH3 is 1. The number of amides is 1. The third-order valence-electron chi connectivity index (χ3n) is 9.67. The number of carbonyl (C=O) groups is 2. The quantitative estimate of drug-likeness (QED) is 0.116. The Kier molecular flexibility index (Phi) is 13.7. The van der Waals surface area contributed by atoms with Crippen molar-refractivity contribution in [1.82, 2.24) is 34.4 Å². The first-order valence-electron chi connectivity index (χ1n) is 19.2. The summed E-state index contributed by atoms with van der Waals surface area (Å²) in [4.78, 5) is 70.0. The molecule has 0 radical (unpaired) electrons. The number of rotatable bonds is 17. The third-order valence-corrected chi connectivity index (χ3v) is 11.0. The van der Waals surface area contributed by atoms with Crippen LogP contribution in [0.5, 0.6) is 0 Å². The molecule has 0 bridgehead atoms. The number of anilines is 1. The molecule has 2 N–H and O–H groups in total. The normalized spacial score (nSPS) is 12.0. The Labute approximate surface area is 348 Å². The third kappa shape index (κ3) is 10.0. The Bertz CT molecular complexity index is 2780. The molecule has 0 spiro atoms. The van der Waals surface area contributed by atoms with Crippen molar-refractivity contribution < 1.29 is 36.3 Å². The number of hydrogen-bond acceptors (Lipinski definition) is 12. The largest absolute Gasteiger partial charge is 0.461 e. The van der Waals surface area contributed by atoms with Gasteiger partial charge < -0.3 is 14.8 Å². The van der Waals surface area contributed by atoms with Crippen molar-refractivity contribution in [1.29, 1.82) is 0 Å². The van der Waals surface area contributed by atoms with Crippen LogP contribution < -0.4 is 21.3 Å². The summed E-state index contributed by atoms with van der Waals surface area (Å²) in [5, 5.41) is 2.67. The molecule has 6 rings (SSSR count). The second-order valence-electron chi connectivity index (χ2n) is 14.0. The first-order chi connectivity index (χ1) is 29.2. The van der Waals surface area contributed by atoms with E-state index in [1.165, 1.54) is 79.8 Å². The topological polar surface area (TPSA) is 206 Å². The Morgan fingerprint density at radius 3 is 2.21 bits per heavy atom. The highest BCUT2D eigenvalue weighted by atomic mass is 32.2. The molecule has 61 heavy (non-hydrogen) atoms. The molecule has 1 amide bonds. The molecule has 0 aliphatic rings. The smallest absolute Gasteiger partial charge is 0.337 e. The van der Waals surface area contributed by atoms with Gasteiger partial charge in [-0.2, -0.15) is 0 Å². The highest BCUT2D eigenvalue weighted by Gasteiger charge is 2.29. The van der Waals surface area contributed by atoms with Crippen molar-refractivity contribution in [2.24, 2.45) is 7.05 Å². The van der Waals surface area contributed by atoms with Gasteiger partial charge in [-0.05, 0) is 54.3 Å². The van der Waals surface area contributed by atoms with Gasteiger partial charge in [0.15, 0.2) is 5.82 Å². The molecule has 19 heteroatoms. The van der Waals surface area contributed by atoms with Gasteiger partial charge in [-0.1, -0.05) is 44.9 Å². The maximum atomic E-state index is 15.6. The van der Waals surface area contributed by atoms with Crippen molar-refractivity contribution in [2.45, 2.75) is 69.6 Å². The van der Waals surface area contributed by atoms with E-state index in [2.05, 4.69) is 25.3 Å². The van der Waals surface area contributed by atoms with Gasteiger partial charge in [-0.3, -0.25) is 23.9 Å². The van der Waals surface area contributed by atoms with Crippen LogP contribution >= 0.6 is 0 Å². The van der Waals surface area contributed by atoms with E-state index in [1.807, 2.05) is 18.6 Å². The summed E-state index contributed by atoms with van der Waals surface area (Å²) in [6.07, 6.45) is 9.02. The second-order valence-corrected chi connectivity index (χ2v) is 15.7. The standard InChI is InChI=1S/C42H42F2N8O8S/c1-5-7-28(8-6-2)60-41(55)35(17-25-9-14-38(48-20-25)52-40(54)30-15-16-45-23-36(30)51(3)42(52)56)49-39(53)31-18-33(44)34(19-32(31)43)50-61(57,58)29-12-10-26(11-13-29)27-21-46-37(24-59-4)47-22-27/h9-16,18-23,28,35,50H,5-8,17,24H2,1-4H3,(H,49,53)/t35-/m0/s1. The van der Waals surface area contributed by atoms with Gasteiger partial charge in [0.1, 0.15) is 36.2 Å². The van der Waals surface area contributed by atoms with Gasteiger partial charge in [-0.15, -0.1) is 0 Å². The molecule has 318 valence electrons. The van der Waals surface area contributed by atoms with E-state index in [4.69, 9.17) is 9.47 Å². The minimum Gasteiger partial charge on any atom is -0.461 e. The average Bonchev–Trinajstić information content (AvgIpc) is 3.25. The van der Waals surface area contributed by atoms with Crippen molar-refractivity contribution >= 4 is 38.5 Å². The van der Waals surface area contributed by atoms with Crippen LogP contribution in [-0.4, -0.2) is 68.6 Å². The molecule has 0 saturated carbocycles. The minimum atomic E-state index is -4.43. The first kappa shape index (κ1) is 43.8. The summed E-state index contributed by atoms with van der Waals surface area (Å²) in [7, 11) is -1.43. The van der Waals surface area contributed by atoms with Crippen LogP contribution in [0.15, 0.2) is 100 Å². The maximum absolute atomic E-state index is 15.6. The maximum Gasteiger partial charge on any atom is 0.337 e. The number of nitrogens with one attached hydrogen (secondary N) is 2. The van der Waals surface area contributed by atoms with Gasteiger partial charge in [0.25, 0.3) is 21.5 Å².